The topological polar surface area (TPSA) is 56.6 Å². The summed E-state index contributed by atoms with van der Waals surface area (Å²) in [5.41, 5.74) is 4.93. The first-order valence-corrected chi connectivity index (χ1v) is 9.33. The number of aromatic nitrogens is 2. The lowest BCUT2D eigenvalue weighted by Crippen LogP contribution is -2.34. The van der Waals surface area contributed by atoms with Crippen LogP contribution in [0.1, 0.15) is 18.1 Å². The predicted octanol–water partition coefficient (Wildman–Crippen LogP) is 3.81. The summed E-state index contributed by atoms with van der Waals surface area (Å²) in [6.07, 6.45) is 1.79. The molecule has 6 heteroatoms. The minimum absolute atomic E-state index is 0.0146. The second-order valence-electron chi connectivity index (χ2n) is 6.80. The molecular formula is C22H23N3O3. The fourth-order valence-corrected chi connectivity index (χ4v) is 3.55. The lowest BCUT2D eigenvalue weighted by molar-refractivity contribution is -0.119. The third kappa shape index (κ3) is 3.22. The van der Waals surface area contributed by atoms with E-state index in [9.17, 15) is 4.79 Å². The third-order valence-corrected chi connectivity index (χ3v) is 4.98. The molecule has 6 nitrogen and oxygen atoms in total. The number of hydrogen-bond acceptors (Lipinski definition) is 4. The van der Waals surface area contributed by atoms with Gasteiger partial charge in [0.15, 0.2) is 0 Å². The van der Waals surface area contributed by atoms with Gasteiger partial charge in [-0.2, -0.15) is 5.10 Å². The van der Waals surface area contributed by atoms with Crippen LogP contribution in [-0.4, -0.2) is 29.3 Å². The van der Waals surface area contributed by atoms with Gasteiger partial charge in [-0.15, -0.1) is 0 Å². The highest BCUT2D eigenvalue weighted by Crippen LogP contribution is 2.38. The Balaban J connectivity index is 1.63. The number of carbonyl (C=O) groups is 1. The number of rotatable bonds is 5. The normalized spacial score (nSPS) is 12.0. The molecule has 1 amide bonds. The van der Waals surface area contributed by atoms with Crippen LogP contribution in [0, 0.1) is 6.92 Å². The van der Waals surface area contributed by atoms with Gasteiger partial charge in [-0.25, -0.2) is 0 Å². The number of ether oxygens (including phenoxy) is 2. The van der Waals surface area contributed by atoms with Gasteiger partial charge >= 0.3 is 0 Å². The molecule has 28 heavy (non-hydrogen) atoms. The molecule has 0 radical (unpaired) electrons. The van der Waals surface area contributed by atoms with Gasteiger partial charge in [-0.3, -0.25) is 9.48 Å². The van der Waals surface area contributed by atoms with Crippen LogP contribution in [0.4, 0.5) is 5.69 Å². The average molecular weight is 377 g/mol. The molecule has 0 bridgehead atoms. The third-order valence-electron chi connectivity index (χ3n) is 4.98. The molecule has 1 aliphatic heterocycles. The van der Waals surface area contributed by atoms with Gasteiger partial charge in [0.25, 0.3) is 0 Å². The number of hydrogen-bond donors (Lipinski definition) is 0. The number of benzene rings is 2. The minimum atomic E-state index is -0.0146. The second kappa shape index (κ2) is 7.38. The van der Waals surface area contributed by atoms with Gasteiger partial charge < -0.3 is 14.4 Å². The van der Waals surface area contributed by atoms with Crippen molar-refractivity contribution in [3.8, 4) is 22.8 Å². The maximum atomic E-state index is 13.1. The highest BCUT2D eigenvalue weighted by atomic mass is 16.5. The van der Waals surface area contributed by atoms with Gasteiger partial charge in [0.05, 0.1) is 19.0 Å². The summed E-state index contributed by atoms with van der Waals surface area (Å²) in [4.78, 5) is 14.8. The fraction of sp³-hybridized carbons (Fsp3) is 0.273. The number of aryl methyl sites for hydroxylation is 1. The van der Waals surface area contributed by atoms with Crippen molar-refractivity contribution in [3.63, 3.8) is 0 Å². The van der Waals surface area contributed by atoms with Crippen molar-refractivity contribution in [2.45, 2.75) is 27.0 Å². The molecule has 0 spiro atoms. The van der Waals surface area contributed by atoms with E-state index in [0.29, 0.717) is 13.2 Å². The van der Waals surface area contributed by atoms with Crippen LogP contribution in [0.25, 0.3) is 11.3 Å². The summed E-state index contributed by atoms with van der Waals surface area (Å²) in [5, 5.41) is 4.47. The predicted molar refractivity (Wildman–Crippen MR) is 108 cm³/mol. The number of nitrogens with zero attached hydrogens (tertiary/aromatic N) is 3. The SMILES string of the molecule is CCN(C(=O)Cn1ncc2c1-c1cc(C)ccc1OC2)c1ccc(OC)cc1. The number of fused-ring (bicyclic) bond motifs is 3. The number of carbonyl (C=O) groups excluding carboxylic acids is 1. The Labute approximate surface area is 164 Å². The van der Waals surface area contributed by atoms with Crippen molar-refractivity contribution < 1.29 is 14.3 Å². The first-order chi connectivity index (χ1) is 13.6. The van der Waals surface area contributed by atoms with Crippen molar-refractivity contribution in [2.75, 3.05) is 18.6 Å². The summed E-state index contributed by atoms with van der Waals surface area (Å²) in [7, 11) is 1.63. The molecule has 0 saturated heterocycles. The molecule has 0 saturated carbocycles. The van der Waals surface area contributed by atoms with E-state index in [-0.39, 0.29) is 12.5 Å². The van der Waals surface area contributed by atoms with E-state index in [2.05, 4.69) is 11.2 Å². The number of anilines is 1. The summed E-state index contributed by atoms with van der Waals surface area (Å²) in [6.45, 7) is 5.22. The summed E-state index contributed by atoms with van der Waals surface area (Å²) in [6, 6.07) is 13.6. The van der Waals surface area contributed by atoms with Crippen molar-refractivity contribution in [1.29, 1.82) is 0 Å². The highest BCUT2D eigenvalue weighted by molar-refractivity contribution is 5.93. The fourth-order valence-electron chi connectivity index (χ4n) is 3.55. The molecule has 0 unspecified atom stereocenters. The molecule has 0 N–H and O–H groups in total. The van der Waals surface area contributed by atoms with E-state index in [4.69, 9.17) is 9.47 Å². The molecule has 1 aromatic heterocycles. The molecule has 1 aliphatic rings. The van der Waals surface area contributed by atoms with Crippen LogP contribution in [0.3, 0.4) is 0 Å². The lowest BCUT2D eigenvalue weighted by Gasteiger charge is -2.23. The molecule has 0 atom stereocenters. The second-order valence-corrected chi connectivity index (χ2v) is 6.80. The lowest BCUT2D eigenvalue weighted by atomic mass is 10.0. The van der Waals surface area contributed by atoms with Gasteiger partial charge in [0.2, 0.25) is 5.91 Å². The van der Waals surface area contributed by atoms with Crippen molar-refractivity contribution in [3.05, 3.63) is 59.8 Å². The Bertz CT molecular complexity index is 1010. The van der Waals surface area contributed by atoms with E-state index in [1.165, 1.54) is 0 Å². The van der Waals surface area contributed by atoms with Gasteiger partial charge in [0, 0.05) is 23.4 Å². The number of amides is 1. The molecule has 144 valence electrons. The number of likely N-dealkylation sites (N-methyl/N-ethyl adjacent to an activating group) is 1. The molecule has 2 aromatic carbocycles. The zero-order valence-electron chi connectivity index (χ0n) is 16.3. The van der Waals surface area contributed by atoms with Crippen molar-refractivity contribution in [1.82, 2.24) is 9.78 Å². The van der Waals surface area contributed by atoms with Crippen LogP contribution in [-0.2, 0) is 17.9 Å². The number of methoxy groups -OCH3 is 1. The maximum absolute atomic E-state index is 13.1. The van der Waals surface area contributed by atoms with Crippen LogP contribution in [0.15, 0.2) is 48.7 Å². The zero-order valence-corrected chi connectivity index (χ0v) is 16.3. The summed E-state index contributed by atoms with van der Waals surface area (Å²) in [5.74, 6) is 1.58. The molecule has 3 aromatic rings. The van der Waals surface area contributed by atoms with Crippen LogP contribution in [0.2, 0.25) is 0 Å². The minimum Gasteiger partial charge on any atom is -0.497 e. The molecule has 4 rings (SSSR count). The van der Waals surface area contributed by atoms with Crippen LogP contribution < -0.4 is 14.4 Å². The molecule has 2 heterocycles. The Morgan fingerprint density at radius 3 is 2.75 bits per heavy atom. The largest absolute Gasteiger partial charge is 0.497 e. The Morgan fingerprint density at radius 2 is 2.04 bits per heavy atom. The highest BCUT2D eigenvalue weighted by Gasteiger charge is 2.24. The van der Waals surface area contributed by atoms with E-state index in [1.807, 2.05) is 50.2 Å². The quantitative estimate of drug-likeness (QED) is 0.678. The Morgan fingerprint density at radius 1 is 1.25 bits per heavy atom. The molecule has 0 fully saturated rings. The van der Waals surface area contributed by atoms with Gasteiger partial charge in [-0.1, -0.05) is 11.6 Å². The smallest absolute Gasteiger partial charge is 0.248 e. The first-order valence-electron chi connectivity index (χ1n) is 9.33. The summed E-state index contributed by atoms with van der Waals surface area (Å²) >= 11 is 0. The molecule has 0 aliphatic carbocycles. The Kier molecular flexibility index (Phi) is 4.77. The Hall–Kier alpha value is -3.28. The van der Waals surface area contributed by atoms with E-state index >= 15 is 0 Å². The van der Waals surface area contributed by atoms with Crippen LogP contribution >= 0.6 is 0 Å². The first kappa shape index (κ1) is 18.1. The van der Waals surface area contributed by atoms with Crippen LogP contribution in [0.5, 0.6) is 11.5 Å². The molecular weight excluding hydrogens is 354 g/mol. The summed E-state index contributed by atoms with van der Waals surface area (Å²) < 4.78 is 12.8. The van der Waals surface area contributed by atoms with Gasteiger partial charge in [0.1, 0.15) is 24.7 Å². The monoisotopic (exact) mass is 377 g/mol. The van der Waals surface area contributed by atoms with E-state index in [0.717, 1.165) is 39.6 Å². The van der Waals surface area contributed by atoms with Gasteiger partial charge in [-0.05, 0) is 50.2 Å². The van der Waals surface area contributed by atoms with Crippen molar-refractivity contribution in [2.24, 2.45) is 0 Å². The van der Waals surface area contributed by atoms with E-state index < -0.39 is 0 Å². The maximum Gasteiger partial charge on any atom is 0.248 e. The standard InChI is InChI=1S/C22H23N3O3/c1-4-24(17-6-8-18(27-3)9-7-17)21(26)13-25-22-16(12-23-25)14-28-20-10-5-15(2)11-19(20)22/h5-12H,4,13-14H2,1-3H3. The van der Waals surface area contributed by atoms with Crippen molar-refractivity contribution >= 4 is 11.6 Å². The average Bonchev–Trinajstić information content (AvgIpc) is 3.12. The zero-order chi connectivity index (χ0) is 19.7. The van der Waals surface area contributed by atoms with E-state index in [1.54, 1.807) is 22.9 Å².